The molecule has 0 spiro atoms. The van der Waals surface area contributed by atoms with Crippen molar-refractivity contribution in [3.63, 3.8) is 0 Å². The van der Waals surface area contributed by atoms with Gasteiger partial charge in [0.25, 0.3) is 0 Å². The molecule has 3 rings (SSSR count). The second kappa shape index (κ2) is 6.26. The molecule has 0 saturated heterocycles. The summed E-state index contributed by atoms with van der Waals surface area (Å²) < 4.78 is 21.2. The SMILES string of the molecule is CCn1cc(OCc2cc(CNC3CC3)ccc2F)cn1. The molecule has 0 bridgehead atoms. The van der Waals surface area contributed by atoms with Crippen LogP contribution >= 0.6 is 0 Å². The highest BCUT2D eigenvalue weighted by molar-refractivity contribution is 5.25. The van der Waals surface area contributed by atoms with Gasteiger partial charge in [-0.25, -0.2) is 4.39 Å². The molecule has 0 amide bonds. The maximum Gasteiger partial charge on any atom is 0.157 e. The predicted octanol–water partition coefficient (Wildman–Crippen LogP) is 2.87. The van der Waals surface area contributed by atoms with Crippen LogP contribution in [0.1, 0.15) is 30.9 Å². The molecule has 1 aliphatic rings. The number of aryl methyl sites for hydroxylation is 1. The molecule has 0 unspecified atom stereocenters. The number of halogens is 1. The molecule has 1 saturated carbocycles. The van der Waals surface area contributed by atoms with Crippen LogP contribution < -0.4 is 10.1 Å². The highest BCUT2D eigenvalue weighted by Gasteiger charge is 2.20. The highest BCUT2D eigenvalue weighted by Crippen LogP contribution is 2.20. The first kappa shape index (κ1) is 14.1. The lowest BCUT2D eigenvalue weighted by Crippen LogP contribution is -2.15. The Hall–Kier alpha value is -1.88. The van der Waals surface area contributed by atoms with Gasteiger partial charge >= 0.3 is 0 Å². The second-order valence-electron chi connectivity index (χ2n) is 5.40. The maximum absolute atomic E-state index is 13.8. The first-order valence-electron chi connectivity index (χ1n) is 7.40. The summed E-state index contributed by atoms with van der Waals surface area (Å²) in [4.78, 5) is 0. The number of hydrogen-bond acceptors (Lipinski definition) is 3. The summed E-state index contributed by atoms with van der Waals surface area (Å²) in [6.07, 6.45) is 5.97. The normalized spacial score (nSPS) is 14.4. The van der Waals surface area contributed by atoms with E-state index >= 15 is 0 Å². The van der Waals surface area contributed by atoms with Crippen LogP contribution in [0.4, 0.5) is 4.39 Å². The van der Waals surface area contributed by atoms with Crippen molar-refractivity contribution < 1.29 is 9.13 Å². The fraction of sp³-hybridized carbons (Fsp3) is 0.438. The summed E-state index contributed by atoms with van der Waals surface area (Å²) in [6.45, 7) is 3.80. The van der Waals surface area contributed by atoms with E-state index in [9.17, 15) is 4.39 Å². The van der Waals surface area contributed by atoms with E-state index in [0.29, 0.717) is 17.4 Å². The van der Waals surface area contributed by atoms with Crippen molar-refractivity contribution in [2.24, 2.45) is 0 Å². The number of aromatic nitrogens is 2. The van der Waals surface area contributed by atoms with Crippen LogP contribution in [0.5, 0.6) is 5.75 Å². The van der Waals surface area contributed by atoms with E-state index in [1.165, 1.54) is 18.9 Å². The first-order valence-corrected chi connectivity index (χ1v) is 7.40. The number of rotatable bonds is 7. The lowest BCUT2D eigenvalue weighted by molar-refractivity contribution is 0.299. The summed E-state index contributed by atoms with van der Waals surface area (Å²) in [5, 5.41) is 7.56. The summed E-state index contributed by atoms with van der Waals surface area (Å²) in [5.41, 5.74) is 1.67. The highest BCUT2D eigenvalue weighted by atomic mass is 19.1. The van der Waals surface area contributed by atoms with Crippen LogP contribution in [-0.2, 0) is 19.7 Å². The second-order valence-corrected chi connectivity index (χ2v) is 5.40. The standard InChI is InChI=1S/C16H20FN3O/c1-2-20-10-15(9-19-20)21-11-13-7-12(3-6-16(13)17)8-18-14-4-5-14/h3,6-7,9-10,14,18H,2,4-5,8,11H2,1H3. The largest absolute Gasteiger partial charge is 0.486 e. The van der Waals surface area contributed by atoms with Crippen molar-refractivity contribution in [3.8, 4) is 5.75 Å². The smallest absolute Gasteiger partial charge is 0.157 e. The third kappa shape index (κ3) is 3.82. The van der Waals surface area contributed by atoms with Crippen LogP contribution in [0, 0.1) is 5.82 Å². The lowest BCUT2D eigenvalue weighted by Gasteiger charge is -2.08. The Morgan fingerprint density at radius 2 is 2.29 bits per heavy atom. The Balaban J connectivity index is 1.61. The van der Waals surface area contributed by atoms with Gasteiger partial charge in [-0.1, -0.05) is 6.07 Å². The zero-order valence-corrected chi connectivity index (χ0v) is 12.2. The van der Waals surface area contributed by atoms with E-state index in [1.54, 1.807) is 10.9 Å². The molecule has 1 heterocycles. The third-order valence-electron chi connectivity index (χ3n) is 3.61. The van der Waals surface area contributed by atoms with E-state index in [1.807, 2.05) is 25.3 Å². The molecule has 1 aliphatic carbocycles. The van der Waals surface area contributed by atoms with E-state index in [0.717, 1.165) is 18.7 Å². The van der Waals surface area contributed by atoms with Crippen molar-refractivity contribution in [2.45, 2.75) is 45.5 Å². The average Bonchev–Trinajstić information content (AvgIpc) is 3.22. The predicted molar refractivity (Wildman–Crippen MR) is 78.5 cm³/mol. The summed E-state index contributed by atoms with van der Waals surface area (Å²) in [7, 11) is 0. The monoisotopic (exact) mass is 289 g/mol. The van der Waals surface area contributed by atoms with E-state index in [4.69, 9.17) is 4.74 Å². The molecule has 2 aromatic rings. The van der Waals surface area contributed by atoms with Crippen molar-refractivity contribution in [2.75, 3.05) is 0 Å². The van der Waals surface area contributed by atoms with Gasteiger partial charge in [0, 0.05) is 24.7 Å². The zero-order chi connectivity index (χ0) is 14.7. The number of benzene rings is 1. The quantitative estimate of drug-likeness (QED) is 0.852. The van der Waals surface area contributed by atoms with Gasteiger partial charge in [-0.15, -0.1) is 0 Å². The Morgan fingerprint density at radius 1 is 1.43 bits per heavy atom. The van der Waals surface area contributed by atoms with E-state index in [2.05, 4.69) is 10.4 Å². The molecule has 112 valence electrons. The third-order valence-corrected chi connectivity index (χ3v) is 3.61. The summed E-state index contributed by atoms with van der Waals surface area (Å²) in [5.74, 6) is 0.436. The van der Waals surface area contributed by atoms with Crippen LogP contribution in [0.25, 0.3) is 0 Å². The maximum atomic E-state index is 13.8. The topological polar surface area (TPSA) is 39.1 Å². The Morgan fingerprint density at radius 3 is 3.00 bits per heavy atom. The Labute approximate surface area is 123 Å². The first-order chi connectivity index (χ1) is 10.2. The van der Waals surface area contributed by atoms with Gasteiger partial charge in [-0.3, -0.25) is 4.68 Å². The van der Waals surface area contributed by atoms with Gasteiger partial charge in [0.15, 0.2) is 5.75 Å². The lowest BCUT2D eigenvalue weighted by atomic mass is 10.1. The molecule has 0 radical (unpaired) electrons. The summed E-state index contributed by atoms with van der Waals surface area (Å²) in [6, 6.07) is 5.85. The van der Waals surface area contributed by atoms with Gasteiger partial charge in [-0.05, 0) is 37.5 Å². The molecule has 1 aromatic carbocycles. The van der Waals surface area contributed by atoms with Crippen molar-refractivity contribution in [3.05, 3.63) is 47.5 Å². The molecule has 1 fully saturated rings. The van der Waals surface area contributed by atoms with E-state index < -0.39 is 0 Å². The molecule has 21 heavy (non-hydrogen) atoms. The zero-order valence-electron chi connectivity index (χ0n) is 12.2. The number of ether oxygens (including phenoxy) is 1. The minimum atomic E-state index is -0.229. The number of nitrogens with one attached hydrogen (secondary N) is 1. The fourth-order valence-electron chi connectivity index (χ4n) is 2.15. The molecule has 4 nitrogen and oxygen atoms in total. The van der Waals surface area contributed by atoms with Crippen molar-refractivity contribution in [1.29, 1.82) is 0 Å². The number of nitrogens with zero attached hydrogens (tertiary/aromatic N) is 2. The minimum Gasteiger partial charge on any atom is -0.486 e. The van der Waals surface area contributed by atoms with Crippen molar-refractivity contribution >= 4 is 0 Å². The molecular formula is C16H20FN3O. The minimum absolute atomic E-state index is 0.221. The van der Waals surface area contributed by atoms with Crippen molar-refractivity contribution in [1.82, 2.24) is 15.1 Å². The molecular weight excluding hydrogens is 269 g/mol. The molecule has 1 N–H and O–H groups in total. The fourth-order valence-corrected chi connectivity index (χ4v) is 2.15. The molecule has 0 aliphatic heterocycles. The van der Waals surface area contributed by atoms with Gasteiger partial charge in [0.2, 0.25) is 0 Å². The van der Waals surface area contributed by atoms with Gasteiger partial charge in [-0.2, -0.15) is 5.10 Å². The number of hydrogen-bond donors (Lipinski definition) is 1. The summed E-state index contributed by atoms with van der Waals surface area (Å²) >= 11 is 0. The Kier molecular flexibility index (Phi) is 4.20. The molecule has 1 aromatic heterocycles. The molecule has 5 heteroatoms. The Bertz CT molecular complexity index is 607. The van der Waals surface area contributed by atoms with Crippen LogP contribution in [-0.4, -0.2) is 15.8 Å². The van der Waals surface area contributed by atoms with Crippen LogP contribution in [0.2, 0.25) is 0 Å². The average molecular weight is 289 g/mol. The van der Waals surface area contributed by atoms with E-state index in [-0.39, 0.29) is 12.4 Å². The van der Waals surface area contributed by atoms with Gasteiger partial charge < -0.3 is 10.1 Å². The van der Waals surface area contributed by atoms with Crippen LogP contribution in [0.15, 0.2) is 30.6 Å². The van der Waals surface area contributed by atoms with Crippen LogP contribution in [0.3, 0.4) is 0 Å². The van der Waals surface area contributed by atoms with Gasteiger partial charge in [0.05, 0.1) is 12.4 Å². The molecule has 0 atom stereocenters. The van der Waals surface area contributed by atoms with Gasteiger partial charge in [0.1, 0.15) is 12.4 Å².